The lowest BCUT2D eigenvalue weighted by Gasteiger charge is -2.07. The average molecular weight is 251 g/mol. The minimum atomic E-state index is -0.196. The van der Waals surface area contributed by atoms with Crippen LogP contribution in [0.1, 0.15) is 12.8 Å². The van der Waals surface area contributed by atoms with Crippen molar-refractivity contribution in [3.05, 3.63) is 30.3 Å². The van der Waals surface area contributed by atoms with Crippen molar-refractivity contribution in [3.63, 3.8) is 0 Å². The van der Waals surface area contributed by atoms with Gasteiger partial charge >= 0.3 is 0 Å². The number of carbonyl (C=O) groups is 1. The lowest BCUT2D eigenvalue weighted by molar-refractivity contribution is -0.123. The van der Waals surface area contributed by atoms with Crippen LogP contribution >= 0.6 is 0 Å². The van der Waals surface area contributed by atoms with E-state index in [2.05, 4.69) is 10.5 Å². The number of amidine groups is 1. The molecule has 0 atom stereocenters. The van der Waals surface area contributed by atoms with Gasteiger partial charge in [0.05, 0.1) is 0 Å². The molecule has 0 unspecified atom stereocenters. The first-order valence-corrected chi connectivity index (χ1v) is 5.63. The number of hydrogen-bond acceptors (Lipinski definition) is 4. The largest absolute Gasteiger partial charge is 0.484 e. The van der Waals surface area contributed by atoms with Crippen LogP contribution in [0.25, 0.3) is 0 Å². The summed E-state index contributed by atoms with van der Waals surface area (Å²) in [6.07, 6.45) is 1.06. The first kappa shape index (κ1) is 13.8. The minimum absolute atomic E-state index is 0.0203. The molecule has 1 rings (SSSR count). The third-order valence-electron chi connectivity index (χ3n) is 2.17. The Balaban J connectivity index is 2.11. The molecule has 18 heavy (non-hydrogen) atoms. The van der Waals surface area contributed by atoms with Crippen LogP contribution in [0.3, 0.4) is 0 Å². The second kappa shape index (κ2) is 7.94. The summed E-state index contributed by atoms with van der Waals surface area (Å²) in [6, 6.07) is 9.12. The summed E-state index contributed by atoms with van der Waals surface area (Å²) >= 11 is 0. The first-order chi connectivity index (χ1) is 8.72. The number of oxime groups is 1. The van der Waals surface area contributed by atoms with Gasteiger partial charge in [0.25, 0.3) is 5.91 Å². The van der Waals surface area contributed by atoms with Crippen LogP contribution in [0, 0.1) is 0 Å². The molecule has 1 aromatic carbocycles. The van der Waals surface area contributed by atoms with E-state index in [-0.39, 0.29) is 18.3 Å². The van der Waals surface area contributed by atoms with Crippen molar-refractivity contribution in [1.29, 1.82) is 0 Å². The quantitative estimate of drug-likeness (QED) is 0.218. The van der Waals surface area contributed by atoms with Crippen molar-refractivity contribution in [1.82, 2.24) is 5.32 Å². The van der Waals surface area contributed by atoms with E-state index in [4.69, 9.17) is 15.7 Å². The number of para-hydroxylation sites is 1. The number of hydrogen-bond donors (Lipinski definition) is 3. The molecule has 6 heteroatoms. The van der Waals surface area contributed by atoms with E-state index in [0.717, 1.165) is 0 Å². The van der Waals surface area contributed by atoms with E-state index in [0.29, 0.717) is 25.1 Å². The van der Waals surface area contributed by atoms with E-state index in [9.17, 15) is 4.79 Å². The molecule has 0 saturated heterocycles. The summed E-state index contributed by atoms with van der Waals surface area (Å²) in [5.74, 6) is 0.618. The van der Waals surface area contributed by atoms with Gasteiger partial charge in [-0.25, -0.2) is 0 Å². The van der Waals surface area contributed by atoms with Crippen LogP contribution < -0.4 is 15.8 Å². The fourth-order valence-corrected chi connectivity index (χ4v) is 1.26. The van der Waals surface area contributed by atoms with E-state index >= 15 is 0 Å². The number of nitrogens with two attached hydrogens (primary N) is 1. The summed E-state index contributed by atoms with van der Waals surface area (Å²) < 4.78 is 5.27. The molecule has 0 aliphatic rings. The molecule has 0 heterocycles. The van der Waals surface area contributed by atoms with E-state index in [1.54, 1.807) is 12.1 Å². The molecule has 6 nitrogen and oxygen atoms in total. The molecule has 0 radical (unpaired) electrons. The minimum Gasteiger partial charge on any atom is -0.484 e. The highest BCUT2D eigenvalue weighted by atomic mass is 16.5. The van der Waals surface area contributed by atoms with Gasteiger partial charge in [-0.2, -0.15) is 0 Å². The number of benzene rings is 1. The summed E-state index contributed by atoms with van der Waals surface area (Å²) in [4.78, 5) is 11.4. The maximum absolute atomic E-state index is 11.4. The second-order valence-electron chi connectivity index (χ2n) is 3.65. The molecule has 98 valence electrons. The fraction of sp³-hybridized carbons (Fsp3) is 0.333. The second-order valence-corrected chi connectivity index (χ2v) is 3.65. The topological polar surface area (TPSA) is 96.9 Å². The van der Waals surface area contributed by atoms with Crippen molar-refractivity contribution in [2.75, 3.05) is 13.2 Å². The van der Waals surface area contributed by atoms with Crippen molar-refractivity contribution >= 4 is 11.7 Å². The van der Waals surface area contributed by atoms with E-state index < -0.39 is 0 Å². The zero-order valence-corrected chi connectivity index (χ0v) is 10.0. The Labute approximate surface area is 105 Å². The summed E-state index contributed by atoms with van der Waals surface area (Å²) in [5, 5.41) is 13.8. The SMILES string of the molecule is NC(CCCNC(=O)COc1ccccc1)=NO. The Morgan fingerprint density at radius 1 is 1.39 bits per heavy atom. The Kier molecular flexibility index (Phi) is 6.10. The van der Waals surface area contributed by atoms with Gasteiger partial charge in [-0.3, -0.25) is 4.79 Å². The number of nitrogens with one attached hydrogen (secondary N) is 1. The van der Waals surface area contributed by atoms with Crippen LogP contribution in [0.5, 0.6) is 5.75 Å². The molecule has 0 saturated carbocycles. The van der Waals surface area contributed by atoms with Gasteiger partial charge in [-0.1, -0.05) is 23.4 Å². The molecule has 1 aromatic rings. The van der Waals surface area contributed by atoms with Gasteiger partial charge in [0.2, 0.25) is 0 Å². The number of amides is 1. The molecule has 1 amide bonds. The summed E-state index contributed by atoms with van der Waals surface area (Å²) in [5.41, 5.74) is 5.29. The van der Waals surface area contributed by atoms with Crippen LogP contribution in [-0.2, 0) is 4.79 Å². The Hall–Kier alpha value is -2.24. The van der Waals surface area contributed by atoms with Crippen molar-refractivity contribution in [2.45, 2.75) is 12.8 Å². The highest BCUT2D eigenvalue weighted by Gasteiger charge is 2.02. The van der Waals surface area contributed by atoms with Crippen LogP contribution in [0.4, 0.5) is 0 Å². The van der Waals surface area contributed by atoms with Crippen molar-refractivity contribution < 1.29 is 14.7 Å². The average Bonchev–Trinajstić information content (AvgIpc) is 2.42. The molecule has 0 spiro atoms. The zero-order chi connectivity index (χ0) is 13.2. The Morgan fingerprint density at radius 2 is 2.11 bits per heavy atom. The predicted octanol–water partition coefficient (Wildman–Crippen LogP) is 0.708. The Morgan fingerprint density at radius 3 is 2.78 bits per heavy atom. The van der Waals surface area contributed by atoms with Gasteiger partial charge in [0.1, 0.15) is 11.6 Å². The van der Waals surface area contributed by atoms with Crippen molar-refractivity contribution in [2.24, 2.45) is 10.9 Å². The third-order valence-corrected chi connectivity index (χ3v) is 2.17. The lowest BCUT2D eigenvalue weighted by atomic mass is 10.3. The Bertz CT molecular complexity index is 393. The van der Waals surface area contributed by atoms with Gasteiger partial charge < -0.3 is 21.0 Å². The van der Waals surface area contributed by atoms with Crippen LogP contribution in [-0.4, -0.2) is 30.1 Å². The normalized spacial score (nSPS) is 11.0. The van der Waals surface area contributed by atoms with Crippen molar-refractivity contribution in [3.8, 4) is 5.75 Å². The molecule has 0 aliphatic heterocycles. The third kappa shape index (κ3) is 5.74. The summed E-state index contributed by atoms with van der Waals surface area (Å²) in [7, 11) is 0. The van der Waals surface area contributed by atoms with Gasteiger partial charge in [0, 0.05) is 13.0 Å². The number of carbonyl (C=O) groups excluding carboxylic acids is 1. The van der Waals surface area contributed by atoms with E-state index in [1.165, 1.54) is 0 Å². The van der Waals surface area contributed by atoms with Crippen LogP contribution in [0.15, 0.2) is 35.5 Å². The zero-order valence-electron chi connectivity index (χ0n) is 10.0. The molecule has 0 aliphatic carbocycles. The first-order valence-electron chi connectivity index (χ1n) is 5.63. The van der Waals surface area contributed by atoms with Crippen LogP contribution in [0.2, 0.25) is 0 Å². The number of nitrogens with zero attached hydrogens (tertiary/aromatic N) is 1. The number of rotatable bonds is 7. The highest BCUT2D eigenvalue weighted by Crippen LogP contribution is 2.07. The van der Waals surface area contributed by atoms with Gasteiger partial charge in [-0.05, 0) is 18.6 Å². The fourth-order valence-electron chi connectivity index (χ4n) is 1.26. The smallest absolute Gasteiger partial charge is 0.257 e. The van der Waals surface area contributed by atoms with Gasteiger partial charge in [-0.15, -0.1) is 0 Å². The van der Waals surface area contributed by atoms with E-state index in [1.807, 2.05) is 18.2 Å². The molecule has 0 fully saturated rings. The molecule has 0 aromatic heterocycles. The maximum Gasteiger partial charge on any atom is 0.257 e. The standard InChI is InChI=1S/C12H17N3O3/c13-11(15-17)7-4-8-14-12(16)9-18-10-5-2-1-3-6-10/h1-3,5-6,17H,4,7-9H2,(H2,13,15)(H,14,16). The highest BCUT2D eigenvalue weighted by molar-refractivity contribution is 5.80. The lowest BCUT2D eigenvalue weighted by Crippen LogP contribution is -2.30. The maximum atomic E-state index is 11.4. The monoisotopic (exact) mass is 251 g/mol. The molecule has 4 N–H and O–H groups in total. The molecular formula is C12H17N3O3. The number of ether oxygens (including phenoxy) is 1. The molecular weight excluding hydrogens is 234 g/mol. The predicted molar refractivity (Wildman–Crippen MR) is 67.6 cm³/mol. The van der Waals surface area contributed by atoms with Gasteiger partial charge in [0.15, 0.2) is 6.61 Å². The molecule has 0 bridgehead atoms. The summed E-state index contributed by atoms with van der Waals surface area (Å²) in [6.45, 7) is 0.445.